The molecule has 4 aromatic rings. The summed E-state index contributed by atoms with van der Waals surface area (Å²) < 4.78 is 31.6. The van der Waals surface area contributed by atoms with E-state index in [0.717, 1.165) is 5.56 Å². The lowest BCUT2D eigenvalue weighted by atomic mass is 9.57. The van der Waals surface area contributed by atoms with Crippen LogP contribution in [0.25, 0.3) is 16.5 Å². The molecule has 11 nitrogen and oxygen atoms in total. The molecule has 3 aliphatic carbocycles. The molecule has 1 N–H and O–H groups in total. The first-order valence-electron chi connectivity index (χ1n) is 19.0. The summed E-state index contributed by atoms with van der Waals surface area (Å²) in [5.74, 6) is -2.86. The van der Waals surface area contributed by atoms with Crippen LogP contribution in [0, 0.1) is 11.8 Å². The van der Waals surface area contributed by atoms with Gasteiger partial charge in [0.25, 0.3) is 5.88 Å². The summed E-state index contributed by atoms with van der Waals surface area (Å²) in [6, 6.07) is 14.2. The second-order valence-corrected chi connectivity index (χ2v) is 23.9. The SMILES string of the molecule is CN(C)[C@@H]1c2onc(OCc3ccccc3)c2C(=O)[C@@]2(O[Si](C)(C)C(C)(C)C)C(=O)C3=C(O)c4c(c(Cl)c5ccc(Br)cc5c4OC(=O)OC(C)(C)C)C[C@H]3C[C@@H]12. The fourth-order valence-electron chi connectivity index (χ4n) is 8.19. The maximum absolute atomic E-state index is 15.8. The quantitative estimate of drug-likeness (QED) is 0.0822. The van der Waals surface area contributed by atoms with Gasteiger partial charge in [0.2, 0.25) is 11.6 Å². The Balaban J connectivity index is 1.47. The van der Waals surface area contributed by atoms with Crippen LogP contribution in [0.3, 0.4) is 0 Å². The molecule has 1 heterocycles. The normalized spacial score (nSPS) is 22.2. The molecule has 14 heteroatoms. The Bertz CT molecular complexity index is 2340. The van der Waals surface area contributed by atoms with Crippen LogP contribution in [-0.4, -0.2) is 66.5 Å². The van der Waals surface area contributed by atoms with Crippen LogP contribution in [0.5, 0.6) is 11.6 Å². The fraction of sp³-hybridized carbons (Fsp3) is 0.442. The van der Waals surface area contributed by atoms with Crippen molar-refractivity contribution in [1.29, 1.82) is 0 Å². The summed E-state index contributed by atoms with van der Waals surface area (Å²) in [6.45, 7) is 15.3. The van der Waals surface area contributed by atoms with E-state index in [1.807, 2.05) is 89.3 Å². The molecule has 1 saturated carbocycles. The summed E-state index contributed by atoms with van der Waals surface area (Å²) in [5.41, 5.74) is -1.51. The Hall–Kier alpha value is -4.01. The van der Waals surface area contributed by atoms with Crippen molar-refractivity contribution in [1.82, 2.24) is 10.1 Å². The van der Waals surface area contributed by atoms with Gasteiger partial charge in [0.1, 0.15) is 23.5 Å². The van der Waals surface area contributed by atoms with Gasteiger partial charge in [0.15, 0.2) is 25.4 Å². The number of carbonyl (C=O) groups excluding carboxylic acids is 3. The largest absolute Gasteiger partial charge is 0.514 e. The molecule has 302 valence electrons. The number of ether oxygens (including phenoxy) is 3. The Morgan fingerprint density at radius 2 is 1.72 bits per heavy atom. The molecule has 7 rings (SSSR count). The number of nitrogens with zero attached hydrogens (tertiary/aromatic N) is 2. The maximum Gasteiger partial charge on any atom is 0.514 e. The van der Waals surface area contributed by atoms with E-state index in [1.165, 1.54) is 0 Å². The van der Waals surface area contributed by atoms with Crippen LogP contribution in [0.2, 0.25) is 23.2 Å². The number of aliphatic hydroxyl groups is 1. The lowest BCUT2D eigenvalue weighted by Crippen LogP contribution is -2.68. The summed E-state index contributed by atoms with van der Waals surface area (Å²) in [5, 5.41) is 17.8. The lowest BCUT2D eigenvalue weighted by Gasteiger charge is -2.55. The van der Waals surface area contributed by atoms with E-state index in [-0.39, 0.29) is 53.5 Å². The minimum Gasteiger partial charge on any atom is -0.507 e. The third kappa shape index (κ3) is 6.92. The van der Waals surface area contributed by atoms with Crippen LogP contribution in [0.4, 0.5) is 4.79 Å². The Morgan fingerprint density at radius 1 is 1.04 bits per heavy atom. The number of hydrogen-bond donors (Lipinski definition) is 1. The van der Waals surface area contributed by atoms with Gasteiger partial charge in [-0.25, -0.2) is 4.79 Å². The number of ketones is 2. The molecule has 0 radical (unpaired) electrons. The van der Waals surface area contributed by atoms with Crippen molar-refractivity contribution >= 4 is 70.1 Å². The molecule has 0 amide bonds. The highest BCUT2D eigenvalue weighted by Crippen LogP contribution is 2.60. The second-order valence-electron chi connectivity index (χ2n) is 17.9. The highest BCUT2D eigenvalue weighted by Gasteiger charge is 2.69. The molecule has 0 spiro atoms. The van der Waals surface area contributed by atoms with Crippen LogP contribution >= 0.6 is 27.5 Å². The van der Waals surface area contributed by atoms with Crippen molar-refractivity contribution in [2.24, 2.45) is 11.8 Å². The summed E-state index contributed by atoms with van der Waals surface area (Å²) >= 11 is 10.7. The molecule has 0 saturated heterocycles. The topological polar surface area (TPSA) is 138 Å². The van der Waals surface area contributed by atoms with Gasteiger partial charge in [-0.1, -0.05) is 84.7 Å². The first-order valence-corrected chi connectivity index (χ1v) is 23.1. The Labute approximate surface area is 346 Å². The minimum absolute atomic E-state index is 0.00873. The zero-order valence-corrected chi connectivity index (χ0v) is 37.2. The van der Waals surface area contributed by atoms with Gasteiger partial charge in [0.05, 0.1) is 16.6 Å². The number of halogens is 2. The zero-order valence-electron chi connectivity index (χ0n) is 33.8. The molecular formula is C43H48BrClN2O9Si. The number of fused-ring (bicyclic) bond motifs is 5. The molecule has 1 aromatic heterocycles. The van der Waals surface area contributed by atoms with E-state index in [1.54, 1.807) is 32.9 Å². The van der Waals surface area contributed by atoms with E-state index in [9.17, 15) is 9.90 Å². The predicted molar refractivity (Wildman–Crippen MR) is 222 cm³/mol. The summed E-state index contributed by atoms with van der Waals surface area (Å²) in [6.07, 6.45) is -0.558. The highest BCUT2D eigenvalue weighted by molar-refractivity contribution is 9.10. The van der Waals surface area contributed by atoms with Crippen LogP contribution in [-0.2, 0) is 27.0 Å². The predicted octanol–water partition coefficient (Wildman–Crippen LogP) is 10.4. The van der Waals surface area contributed by atoms with Crippen molar-refractivity contribution in [2.45, 2.75) is 96.4 Å². The van der Waals surface area contributed by atoms with Crippen molar-refractivity contribution in [3.8, 4) is 11.6 Å². The van der Waals surface area contributed by atoms with Crippen molar-refractivity contribution < 1.29 is 42.6 Å². The molecule has 57 heavy (non-hydrogen) atoms. The minimum atomic E-state index is -2.97. The number of hydrogen-bond acceptors (Lipinski definition) is 11. The number of aliphatic hydroxyl groups excluding tert-OH is 1. The first kappa shape index (κ1) is 41.2. The highest BCUT2D eigenvalue weighted by atomic mass is 79.9. The molecule has 3 aromatic carbocycles. The van der Waals surface area contributed by atoms with E-state index in [4.69, 9.17) is 34.8 Å². The van der Waals surface area contributed by atoms with Crippen LogP contribution < -0.4 is 9.47 Å². The summed E-state index contributed by atoms with van der Waals surface area (Å²) in [7, 11) is 0.748. The van der Waals surface area contributed by atoms with Crippen molar-refractivity contribution in [2.75, 3.05) is 14.1 Å². The maximum atomic E-state index is 15.8. The smallest absolute Gasteiger partial charge is 0.507 e. The molecule has 3 aliphatic rings. The van der Waals surface area contributed by atoms with E-state index in [2.05, 4.69) is 21.1 Å². The lowest BCUT2D eigenvalue weighted by molar-refractivity contribution is -0.140. The fourth-order valence-corrected chi connectivity index (χ4v) is 10.3. The van der Waals surface area contributed by atoms with Gasteiger partial charge in [0, 0.05) is 26.7 Å². The third-order valence-corrected chi connectivity index (χ3v) is 17.1. The van der Waals surface area contributed by atoms with Gasteiger partial charge < -0.3 is 28.3 Å². The van der Waals surface area contributed by atoms with Gasteiger partial charge in [-0.2, -0.15) is 0 Å². The molecule has 4 atom stereocenters. The summed E-state index contributed by atoms with van der Waals surface area (Å²) in [4.78, 5) is 46.6. The Morgan fingerprint density at radius 3 is 2.35 bits per heavy atom. The average molecular weight is 880 g/mol. The number of Topliss-reactive ketones (excluding diaryl/α,β-unsaturated/α-hetero) is 2. The average Bonchev–Trinajstić information content (AvgIpc) is 3.52. The van der Waals surface area contributed by atoms with Gasteiger partial charge >= 0.3 is 6.16 Å². The Kier molecular flexibility index (Phi) is 10.4. The van der Waals surface area contributed by atoms with Gasteiger partial charge in [-0.3, -0.25) is 14.5 Å². The molecular weight excluding hydrogens is 832 g/mol. The number of carbonyl (C=O) groups is 3. The zero-order chi connectivity index (χ0) is 41.6. The van der Waals surface area contributed by atoms with E-state index in [0.29, 0.717) is 25.8 Å². The van der Waals surface area contributed by atoms with Crippen LogP contribution in [0.15, 0.2) is 63.1 Å². The van der Waals surface area contributed by atoms with Crippen LogP contribution in [0.1, 0.15) is 86.8 Å². The van der Waals surface area contributed by atoms with E-state index < -0.39 is 65.9 Å². The molecule has 0 bridgehead atoms. The molecule has 1 fully saturated rings. The molecule has 0 unspecified atom stereocenters. The third-order valence-electron chi connectivity index (χ3n) is 11.7. The number of benzene rings is 3. The second kappa shape index (κ2) is 14.4. The van der Waals surface area contributed by atoms with Crippen molar-refractivity contribution in [3.63, 3.8) is 0 Å². The van der Waals surface area contributed by atoms with Gasteiger partial charge in [-0.15, -0.1) is 0 Å². The standard InChI is InChI=1S/C43H48BrClN2O9Si/c1-41(2,3)54-40(51)53-35-26-20-24(44)16-17-25(26)32(45)27-18-23-19-28-33(47(7)8)36-31(39(46-55-36)52-21-22-14-12-11-13-15-22)38(50)43(28,56-57(9,10)42(4,5)6)37(49)29(23)34(48)30(27)35/h11-17,20,23,28,33,48H,18-19,21H2,1-10H3/t23-,28-,33-,43-/m0/s1. The number of rotatable bonds is 7. The monoisotopic (exact) mass is 878 g/mol. The molecule has 0 aliphatic heterocycles. The number of aromatic nitrogens is 1. The van der Waals surface area contributed by atoms with E-state index >= 15 is 9.59 Å². The first-order chi connectivity index (χ1) is 26.6. The van der Waals surface area contributed by atoms with Gasteiger partial charge in [-0.05, 0) is 100 Å². The van der Waals surface area contributed by atoms with Crippen molar-refractivity contribution in [3.05, 3.63) is 91.6 Å².